The first-order valence-corrected chi connectivity index (χ1v) is 7.33. The summed E-state index contributed by atoms with van der Waals surface area (Å²) in [7, 11) is 0. The molecule has 4 heteroatoms. The summed E-state index contributed by atoms with van der Waals surface area (Å²) in [6.45, 7) is 1.59. The number of carbonyl (C=O) groups is 1. The lowest BCUT2D eigenvalue weighted by Crippen LogP contribution is -2.46. The third-order valence-electron chi connectivity index (χ3n) is 4.15. The Morgan fingerprint density at radius 1 is 1.42 bits per heavy atom. The Bertz CT molecular complexity index is 491. The van der Waals surface area contributed by atoms with Crippen LogP contribution in [-0.4, -0.2) is 29.9 Å². The summed E-state index contributed by atoms with van der Waals surface area (Å²) in [5.74, 6) is 0.772. The van der Waals surface area contributed by atoms with E-state index < -0.39 is 0 Å². The number of halogens is 1. The number of rotatable bonds is 2. The van der Waals surface area contributed by atoms with Gasteiger partial charge in [0.1, 0.15) is 0 Å². The van der Waals surface area contributed by atoms with Crippen LogP contribution in [0.4, 0.5) is 0 Å². The van der Waals surface area contributed by atoms with Crippen molar-refractivity contribution in [3.8, 4) is 0 Å². The van der Waals surface area contributed by atoms with Gasteiger partial charge in [-0.2, -0.15) is 0 Å². The summed E-state index contributed by atoms with van der Waals surface area (Å²) in [6.07, 6.45) is 3.01. The van der Waals surface area contributed by atoms with Crippen LogP contribution < -0.4 is 5.73 Å². The van der Waals surface area contributed by atoms with Gasteiger partial charge in [0.2, 0.25) is 5.91 Å². The molecule has 1 heterocycles. The number of hydrogen-bond acceptors (Lipinski definition) is 2. The first-order valence-electron chi connectivity index (χ1n) is 6.95. The van der Waals surface area contributed by atoms with E-state index in [1.54, 1.807) is 0 Å². The van der Waals surface area contributed by atoms with E-state index in [9.17, 15) is 4.79 Å². The number of nitrogens with zero attached hydrogens (tertiary/aromatic N) is 1. The smallest absolute Gasteiger partial charge is 0.226 e. The molecule has 1 aliphatic heterocycles. The van der Waals surface area contributed by atoms with Crippen LogP contribution in [0.5, 0.6) is 0 Å². The standard InChI is InChI=1S/C15H19ClN2O/c16-11-4-1-3-10(7-11)13-8-14(13)15(19)18-6-2-5-12(17)9-18/h1,3-4,7,12-14H,2,5-6,8-9,17H2/t12-,13+,14+/m1/s1. The van der Waals surface area contributed by atoms with Crippen LogP contribution in [0, 0.1) is 5.92 Å². The SMILES string of the molecule is N[C@@H]1CCCN(C(=O)[C@H]2C[C@H]2c2cccc(Cl)c2)C1. The van der Waals surface area contributed by atoms with Crippen LogP contribution in [0.1, 0.15) is 30.7 Å². The van der Waals surface area contributed by atoms with Gasteiger partial charge in [-0.05, 0) is 42.9 Å². The molecule has 2 N–H and O–H groups in total. The van der Waals surface area contributed by atoms with E-state index in [4.69, 9.17) is 17.3 Å². The van der Waals surface area contributed by atoms with Crippen molar-refractivity contribution in [1.82, 2.24) is 4.90 Å². The highest BCUT2D eigenvalue weighted by molar-refractivity contribution is 6.30. The summed E-state index contributed by atoms with van der Waals surface area (Å²) < 4.78 is 0. The third kappa shape index (κ3) is 2.77. The molecule has 2 fully saturated rings. The Morgan fingerprint density at radius 2 is 2.26 bits per heavy atom. The minimum Gasteiger partial charge on any atom is -0.341 e. The maximum atomic E-state index is 12.4. The number of carbonyl (C=O) groups excluding carboxylic acids is 1. The van der Waals surface area contributed by atoms with Gasteiger partial charge in [0.15, 0.2) is 0 Å². The number of amides is 1. The molecule has 1 aromatic carbocycles. The first-order chi connectivity index (χ1) is 9.15. The Balaban J connectivity index is 1.64. The quantitative estimate of drug-likeness (QED) is 0.903. The van der Waals surface area contributed by atoms with Gasteiger partial charge >= 0.3 is 0 Å². The monoisotopic (exact) mass is 278 g/mol. The Labute approximate surface area is 118 Å². The predicted molar refractivity (Wildman–Crippen MR) is 76.1 cm³/mol. The fourth-order valence-corrected chi connectivity index (χ4v) is 3.22. The Morgan fingerprint density at radius 3 is 3.00 bits per heavy atom. The molecule has 0 aromatic heterocycles. The number of piperidine rings is 1. The van der Waals surface area contributed by atoms with Crippen molar-refractivity contribution in [2.45, 2.75) is 31.2 Å². The molecule has 0 radical (unpaired) electrons. The molecule has 3 rings (SSSR count). The number of hydrogen-bond donors (Lipinski definition) is 1. The second kappa shape index (κ2) is 5.14. The van der Waals surface area contributed by atoms with Crippen molar-refractivity contribution in [3.63, 3.8) is 0 Å². The number of likely N-dealkylation sites (tertiary alicyclic amines) is 1. The summed E-state index contributed by atoms with van der Waals surface area (Å²) in [5.41, 5.74) is 7.12. The highest BCUT2D eigenvalue weighted by Crippen LogP contribution is 2.49. The molecule has 1 aromatic rings. The second-order valence-electron chi connectivity index (χ2n) is 5.69. The maximum Gasteiger partial charge on any atom is 0.226 e. The molecular weight excluding hydrogens is 260 g/mol. The zero-order valence-corrected chi connectivity index (χ0v) is 11.6. The van der Waals surface area contributed by atoms with E-state index in [1.165, 1.54) is 5.56 Å². The van der Waals surface area contributed by atoms with Crippen LogP contribution in [0.2, 0.25) is 5.02 Å². The molecule has 2 aliphatic rings. The van der Waals surface area contributed by atoms with Gasteiger partial charge in [-0.3, -0.25) is 4.79 Å². The highest BCUT2D eigenvalue weighted by Gasteiger charge is 2.46. The topological polar surface area (TPSA) is 46.3 Å². The molecule has 1 aliphatic carbocycles. The molecule has 1 saturated carbocycles. The highest BCUT2D eigenvalue weighted by atomic mass is 35.5. The van der Waals surface area contributed by atoms with Crippen molar-refractivity contribution in [2.24, 2.45) is 11.7 Å². The summed E-state index contributed by atoms with van der Waals surface area (Å²) in [5, 5.41) is 0.746. The first kappa shape index (κ1) is 12.9. The minimum atomic E-state index is 0.142. The fourth-order valence-electron chi connectivity index (χ4n) is 3.02. The van der Waals surface area contributed by atoms with E-state index in [0.717, 1.165) is 37.4 Å². The molecule has 1 amide bonds. The van der Waals surface area contributed by atoms with Gasteiger partial charge in [0, 0.05) is 30.1 Å². The second-order valence-corrected chi connectivity index (χ2v) is 6.13. The van der Waals surface area contributed by atoms with Crippen LogP contribution in [0.3, 0.4) is 0 Å². The molecule has 3 atom stereocenters. The Hall–Kier alpha value is -1.06. The van der Waals surface area contributed by atoms with E-state index in [-0.39, 0.29) is 17.9 Å². The predicted octanol–water partition coefficient (Wildman–Crippen LogP) is 2.39. The Kier molecular flexibility index (Phi) is 3.50. The van der Waals surface area contributed by atoms with Crippen molar-refractivity contribution in [1.29, 1.82) is 0 Å². The summed E-state index contributed by atoms with van der Waals surface area (Å²) in [4.78, 5) is 14.4. The van der Waals surface area contributed by atoms with Crippen molar-refractivity contribution < 1.29 is 4.79 Å². The zero-order chi connectivity index (χ0) is 13.4. The van der Waals surface area contributed by atoms with E-state index >= 15 is 0 Å². The summed E-state index contributed by atoms with van der Waals surface area (Å²) >= 11 is 6.00. The van der Waals surface area contributed by atoms with Gasteiger partial charge in [-0.25, -0.2) is 0 Å². The van der Waals surface area contributed by atoms with Gasteiger partial charge < -0.3 is 10.6 Å². The molecule has 102 valence electrons. The number of nitrogens with two attached hydrogens (primary N) is 1. The van der Waals surface area contributed by atoms with E-state index in [1.807, 2.05) is 23.1 Å². The fraction of sp³-hybridized carbons (Fsp3) is 0.533. The van der Waals surface area contributed by atoms with E-state index in [2.05, 4.69) is 6.07 Å². The molecule has 1 saturated heterocycles. The van der Waals surface area contributed by atoms with Crippen molar-refractivity contribution in [2.75, 3.05) is 13.1 Å². The molecule has 0 bridgehead atoms. The van der Waals surface area contributed by atoms with Gasteiger partial charge in [-0.15, -0.1) is 0 Å². The molecule has 0 spiro atoms. The third-order valence-corrected chi connectivity index (χ3v) is 4.39. The lowest BCUT2D eigenvalue weighted by Gasteiger charge is -2.31. The molecular formula is C15H19ClN2O. The van der Waals surface area contributed by atoms with Gasteiger partial charge in [0.25, 0.3) is 0 Å². The lowest BCUT2D eigenvalue weighted by atomic mass is 10.0. The average Bonchev–Trinajstić information content (AvgIpc) is 3.18. The average molecular weight is 279 g/mol. The van der Waals surface area contributed by atoms with Crippen LogP contribution in [0.25, 0.3) is 0 Å². The van der Waals surface area contributed by atoms with Gasteiger partial charge in [-0.1, -0.05) is 23.7 Å². The normalized spacial score (nSPS) is 30.2. The van der Waals surface area contributed by atoms with Crippen molar-refractivity contribution in [3.05, 3.63) is 34.9 Å². The molecule has 19 heavy (non-hydrogen) atoms. The molecule has 0 unspecified atom stereocenters. The largest absolute Gasteiger partial charge is 0.341 e. The minimum absolute atomic E-state index is 0.142. The van der Waals surface area contributed by atoms with Crippen LogP contribution >= 0.6 is 11.6 Å². The number of benzene rings is 1. The maximum absolute atomic E-state index is 12.4. The zero-order valence-electron chi connectivity index (χ0n) is 10.9. The van der Waals surface area contributed by atoms with E-state index in [0.29, 0.717) is 5.92 Å². The summed E-state index contributed by atoms with van der Waals surface area (Å²) in [6, 6.07) is 8.01. The van der Waals surface area contributed by atoms with Gasteiger partial charge in [0.05, 0.1) is 0 Å². The lowest BCUT2D eigenvalue weighted by molar-refractivity contribution is -0.133. The van der Waals surface area contributed by atoms with Crippen molar-refractivity contribution >= 4 is 17.5 Å². The van der Waals surface area contributed by atoms with Crippen LogP contribution in [0.15, 0.2) is 24.3 Å². The van der Waals surface area contributed by atoms with Crippen LogP contribution in [-0.2, 0) is 4.79 Å². The molecule has 3 nitrogen and oxygen atoms in total.